The highest BCUT2D eigenvalue weighted by Crippen LogP contribution is 2.40. The molecule has 2 saturated heterocycles. The molecule has 1 aromatic carbocycles. The van der Waals surface area contributed by atoms with Crippen molar-refractivity contribution < 1.29 is 13.6 Å². The molecule has 4 heterocycles. The van der Waals surface area contributed by atoms with Gasteiger partial charge in [0.2, 0.25) is 11.9 Å². The zero-order valence-electron chi connectivity index (χ0n) is 27.5. The smallest absolute Gasteiger partial charge is 0.225 e. The summed E-state index contributed by atoms with van der Waals surface area (Å²) in [4.78, 5) is 32.6. The van der Waals surface area contributed by atoms with Crippen molar-refractivity contribution in [2.24, 2.45) is 28.5 Å². The van der Waals surface area contributed by atoms with E-state index in [1.165, 1.54) is 38.1 Å². The number of carbonyl (C=O) groups excluding carboxylic acids is 1. The number of nitrogens with one attached hydrogen (secondary N) is 2. The Morgan fingerprint density at radius 3 is 2.38 bits per heavy atom. The summed E-state index contributed by atoms with van der Waals surface area (Å²) >= 11 is 0. The number of amidine groups is 1. The molecule has 4 N–H and O–H groups in total. The van der Waals surface area contributed by atoms with E-state index < -0.39 is 11.6 Å². The number of halogens is 2. The fourth-order valence-electron chi connectivity index (χ4n) is 8.75. The molecular formula is C36H50F2N8O. The number of piperidine rings is 1. The highest BCUT2D eigenvalue weighted by molar-refractivity contribution is 5.98. The minimum atomic E-state index is -0.688. The summed E-state index contributed by atoms with van der Waals surface area (Å²) in [6.07, 6.45) is 15.7. The first-order chi connectivity index (χ1) is 22.9. The first-order valence-electron chi connectivity index (χ1n) is 18.1. The number of rotatable bonds is 6. The van der Waals surface area contributed by atoms with Crippen molar-refractivity contribution >= 4 is 29.1 Å². The molecule has 2 saturated carbocycles. The van der Waals surface area contributed by atoms with Crippen molar-refractivity contribution in [3.05, 3.63) is 41.7 Å². The molecule has 11 heteroatoms. The van der Waals surface area contributed by atoms with E-state index in [-0.39, 0.29) is 23.6 Å². The Hall–Kier alpha value is -3.18. The average molecular weight is 649 g/mol. The zero-order valence-corrected chi connectivity index (χ0v) is 27.5. The lowest BCUT2D eigenvalue weighted by Crippen LogP contribution is -2.48. The number of nitrogens with zero attached hydrogens (tertiary/aromatic N) is 5. The Morgan fingerprint density at radius 2 is 1.66 bits per heavy atom. The molecule has 0 spiro atoms. The van der Waals surface area contributed by atoms with Gasteiger partial charge in [0.25, 0.3) is 0 Å². The molecule has 1 unspecified atom stereocenters. The molecule has 47 heavy (non-hydrogen) atoms. The van der Waals surface area contributed by atoms with Crippen LogP contribution < -0.4 is 16.4 Å². The third kappa shape index (κ3) is 7.77. The minimum absolute atomic E-state index is 0.0916. The first kappa shape index (κ1) is 32.4. The monoisotopic (exact) mass is 648 g/mol. The SMILES string of the molecule is NC1CCC(Nc2ncc3c(n2)CC(C2CCC(C(=O)N4CCC(N5CCCC5)CC4)CC2)CC(=Nc2ccc(F)cc2F)N3)CC1. The van der Waals surface area contributed by atoms with Crippen molar-refractivity contribution in [1.82, 2.24) is 19.8 Å². The second-order valence-corrected chi connectivity index (χ2v) is 14.7. The quantitative estimate of drug-likeness (QED) is 0.351. The average Bonchev–Trinajstić information content (AvgIpc) is 3.56. The fraction of sp³-hybridized carbons (Fsp3) is 0.667. The van der Waals surface area contributed by atoms with Crippen LogP contribution in [0.5, 0.6) is 0 Å². The van der Waals surface area contributed by atoms with Gasteiger partial charge in [0.1, 0.15) is 17.3 Å². The summed E-state index contributed by atoms with van der Waals surface area (Å²) in [5, 5.41) is 6.94. The lowest BCUT2D eigenvalue weighted by Gasteiger charge is -2.39. The number of benzene rings is 1. The van der Waals surface area contributed by atoms with Crippen LogP contribution in [-0.2, 0) is 11.2 Å². The highest BCUT2D eigenvalue weighted by atomic mass is 19.1. The number of aliphatic imine (C=N–C) groups is 1. The van der Waals surface area contributed by atoms with Crippen LogP contribution in [-0.4, -0.2) is 75.8 Å². The molecule has 1 atom stereocenters. The van der Waals surface area contributed by atoms with Crippen molar-refractivity contribution in [3.63, 3.8) is 0 Å². The van der Waals surface area contributed by atoms with Gasteiger partial charge < -0.3 is 26.2 Å². The highest BCUT2D eigenvalue weighted by Gasteiger charge is 2.37. The molecule has 254 valence electrons. The number of likely N-dealkylation sites (tertiary alicyclic amines) is 2. The Morgan fingerprint density at radius 1 is 0.915 bits per heavy atom. The van der Waals surface area contributed by atoms with Crippen LogP contribution in [0.3, 0.4) is 0 Å². The van der Waals surface area contributed by atoms with Gasteiger partial charge >= 0.3 is 0 Å². The zero-order chi connectivity index (χ0) is 32.3. The maximum atomic E-state index is 14.7. The Kier molecular flexibility index (Phi) is 10.00. The number of anilines is 2. The van der Waals surface area contributed by atoms with Crippen LogP contribution in [0.15, 0.2) is 29.4 Å². The van der Waals surface area contributed by atoms with Crippen LogP contribution >= 0.6 is 0 Å². The number of carbonyl (C=O) groups is 1. The second kappa shape index (κ2) is 14.5. The van der Waals surface area contributed by atoms with Crippen molar-refractivity contribution in [1.29, 1.82) is 0 Å². The maximum Gasteiger partial charge on any atom is 0.225 e. The topological polar surface area (TPSA) is 112 Å². The minimum Gasteiger partial charge on any atom is -0.351 e. The van der Waals surface area contributed by atoms with Crippen LogP contribution in [0.2, 0.25) is 0 Å². The summed E-state index contributed by atoms with van der Waals surface area (Å²) in [5.74, 6) is 0.981. The third-order valence-electron chi connectivity index (χ3n) is 11.5. The standard InChI is InChI=1S/C36H50F2N8O/c37-26-7-12-31(30(38)21-26)42-34-20-25(19-32-33(43-34)22-40-36(44-32)41-28-10-8-27(39)9-11-28)23-3-5-24(6-4-23)35(47)46-17-13-29(14-18-46)45-15-1-2-16-45/h7,12,21-25,27-29H,1-6,8-11,13-20,39H2,(H,42,43)(H,40,41,44). The lowest BCUT2D eigenvalue weighted by molar-refractivity contribution is -0.138. The molecule has 3 aliphatic heterocycles. The lowest BCUT2D eigenvalue weighted by atomic mass is 9.73. The molecule has 0 bridgehead atoms. The van der Waals surface area contributed by atoms with Gasteiger partial charge in [-0.15, -0.1) is 0 Å². The Labute approximate surface area is 277 Å². The van der Waals surface area contributed by atoms with E-state index in [1.807, 2.05) is 0 Å². The van der Waals surface area contributed by atoms with E-state index in [2.05, 4.69) is 30.4 Å². The van der Waals surface area contributed by atoms with Gasteiger partial charge in [0, 0.05) is 49.6 Å². The number of aromatic nitrogens is 2. The van der Waals surface area contributed by atoms with Gasteiger partial charge in [-0.25, -0.2) is 23.7 Å². The van der Waals surface area contributed by atoms with E-state index in [1.54, 1.807) is 6.20 Å². The predicted octanol–water partition coefficient (Wildman–Crippen LogP) is 6.03. The molecule has 1 amide bonds. The van der Waals surface area contributed by atoms with Crippen LogP contribution in [0.25, 0.3) is 0 Å². The summed E-state index contributed by atoms with van der Waals surface area (Å²) in [6, 6.07) is 4.70. The van der Waals surface area contributed by atoms with Gasteiger partial charge in [-0.2, -0.15) is 0 Å². The van der Waals surface area contributed by atoms with Crippen LogP contribution in [0.4, 0.5) is 26.1 Å². The van der Waals surface area contributed by atoms with Crippen LogP contribution in [0, 0.1) is 29.4 Å². The van der Waals surface area contributed by atoms with Crippen LogP contribution in [0.1, 0.15) is 89.2 Å². The second-order valence-electron chi connectivity index (χ2n) is 14.7. The molecule has 2 aromatic rings. The van der Waals surface area contributed by atoms with E-state index in [4.69, 9.17) is 10.7 Å². The first-order valence-corrected chi connectivity index (χ1v) is 18.1. The number of amides is 1. The van der Waals surface area contributed by atoms with Crippen molar-refractivity contribution in [2.75, 3.05) is 36.8 Å². The molecule has 4 fully saturated rings. The number of fused-ring (bicyclic) bond motifs is 1. The van der Waals surface area contributed by atoms with Gasteiger partial charge in [0.15, 0.2) is 5.82 Å². The molecule has 2 aliphatic carbocycles. The maximum absolute atomic E-state index is 14.7. The van der Waals surface area contributed by atoms with Crippen molar-refractivity contribution in [3.8, 4) is 0 Å². The summed E-state index contributed by atoms with van der Waals surface area (Å²) in [7, 11) is 0. The summed E-state index contributed by atoms with van der Waals surface area (Å²) in [5.41, 5.74) is 7.91. The number of hydrogen-bond acceptors (Lipinski definition) is 7. The summed E-state index contributed by atoms with van der Waals surface area (Å²) < 4.78 is 28.3. The Balaban J connectivity index is 1.03. The summed E-state index contributed by atoms with van der Waals surface area (Å²) in [6.45, 7) is 4.20. The fourth-order valence-corrected chi connectivity index (χ4v) is 8.75. The van der Waals surface area contributed by atoms with E-state index in [9.17, 15) is 13.6 Å². The van der Waals surface area contributed by atoms with E-state index in [0.717, 1.165) is 101 Å². The van der Waals surface area contributed by atoms with Crippen molar-refractivity contribution in [2.45, 2.75) is 108 Å². The van der Waals surface area contributed by atoms with E-state index in [0.29, 0.717) is 42.1 Å². The number of nitrogens with two attached hydrogens (primary N) is 1. The Bertz CT molecular complexity index is 1420. The molecule has 1 aromatic heterocycles. The largest absolute Gasteiger partial charge is 0.351 e. The van der Waals surface area contributed by atoms with Gasteiger partial charge in [-0.3, -0.25) is 4.79 Å². The molecule has 9 nitrogen and oxygen atoms in total. The third-order valence-corrected chi connectivity index (χ3v) is 11.5. The molecule has 7 rings (SSSR count). The normalized spacial score (nSPS) is 30.1. The van der Waals surface area contributed by atoms with Gasteiger partial charge in [-0.05, 0) is 121 Å². The number of hydrogen-bond donors (Lipinski definition) is 3. The van der Waals surface area contributed by atoms with Gasteiger partial charge in [-0.1, -0.05) is 0 Å². The molecular weight excluding hydrogens is 598 g/mol. The van der Waals surface area contributed by atoms with Gasteiger partial charge in [0.05, 0.1) is 17.6 Å². The predicted molar refractivity (Wildman–Crippen MR) is 181 cm³/mol. The molecule has 0 radical (unpaired) electrons. The molecule has 5 aliphatic rings. The van der Waals surface area contributed by atoms with E-state index >= 15 is 0 Å².